The van der Waals surface area contributed by atoms with E-state index in [4.69, 9.17) is 19.9 Å². The fourth-order valence-corrected chi connectivity index (χ4v) is 3.24. The van der Waals surface area contributed by atoms with Crippen LogP contribution in [0.25, 0.3) is 11.1 Å². The third kappa shape index (κ3) is 6.85. The Morgan fingerprint density at radius 2 is 1.38 bits per heavy atom. The van der Waals surface area contributed by atoms with Crippen molar-refractivity contribution in [2.75, 3.05) is 24.6 Å². The SMILES string of the molecule is COc1ccc(-c2ccc(OCCCCCOc3cccc(N(S)C(N)=O)c3)cc2)cc1. The molecule has 0 aromatic heterocycles. The van der Waals surface area contributed by atoms with Crippen LogP contribution in [0.15, 0.2) is 72.8 Å². The molecule has 3 aromatic carbocycles. The molecule has 0 heterocycles. The fraction of sp³-hybridized carbons (Fsp3) is 0.240. The Morgan fingerprint density at radius 3 is 1.94 bits per heavy atom. The molecule has 2 amide bonds. The second-order valence-electron chi connectivity index (χ2n) is 7.16. The molecule has 0 fully saturated rings. The van der Waals surface area contributed by atoms with Crippen LogP contribution in [0.5, 0.6) is 17.2 Å². The van der Waals surface area contributed by atoms with Crippen molar-refractivity contribution < 1.29 is 19.0 Å². The molecule has 3 rings (SSSR count). The van der Waals surface area contributed by atoms with Gasteiger partial charge in [0, 0.05) is 6.07 Å². The smallest absolute Gasteiger partial charge is 0.329 e. The number of rotatable bonds is 11. The third-order valence-corrected chi connectivity index (χ3v) is 5.30. The van der Waals surface area contributed by atoms with Gasteiger partial charge in [0.05, 0.1) is 26.0 Å². The molecule has 168 valence electrons. The maximum atomic E-state index is 11.2. The Kier molecular flexibility index (Phi) is 8.69. The number of nitrogens with zero attached hydrogens (tertiary/aromatic N) is 1. The number of unbranched alkanes of at least 4 members (excludes halogenated alkanes) is 2. The van der Waals surface area contributed by atoms with Crippen molar-refractivity contribution in [2.24, 2.45) is 5.73 Å². The summed E-state index contributed by atoms with van der Waals surface area (Å²) < 4.78 is 17.9. The summed E-state index contributed by atoms with van der Waals surface area (Å²) >= 11 is 4.06. The summed E-state index contributed by atoms with van der Waals surface area (Å²) in [6, 6.07) is 22.6. The summed E-state index contributed by atoms with van der Waals surface area (Å²) in [6.07, 6.45) is 2.84. The molecular formula is C25H28N2O4S. The summed E-state index contributed by atoms with van der Waals surface area (Å²) in [5, 5.41) is 0. The highest BCUT2D eigenvalue weighted by Crippen LogP contribution is 2.25. The predicted octanol–water partition coefficient (Wildman–Crippen LogP) is 5.72. The van der Waals surface area contributed by atoms with Gasteiger partial charge in [-0.2, -0.15) is 0 Å². The number of amides is 2. The van der Waals surface area contributed by atoms with Crippen LogP contribution in [0.2, 0.25) is 0 Å². The molecule has 0 aliphatic rings. The Labute approximate surface area is 194 Å². The van der Waals surface area contributed by atoms with Gasteiger partial charge in [-0.25, -0.2) is 9.10 Å². The molecule has 0 saturated carbocycles. The molecule has 0 bridgehead atoms. The van der Waals surface area contributed by atoms with E-state index in [0.717, 1.165) is 46.2 Å². The summed E-state index contributed by atoms with van der Waals surface area (Å²) in [5.74, 6) is 2.39. The molecule has 0 aliphatic carbocycles. The number of hydrogen-bond donors (Lipinski definition) is 2. The second kappa shape index (κ2) is 11.9. The van der Waals surface area contributed by atoms with Crippen molar-refractivity contribution >= 4 is 24.5 Å². The van der Waals surface area contributed by atoms with Crippen molar-refractivity contribution in [1.82, 2.24) is 0 Å². The van der Waals surface area contributed by atoms with Gasteiger partial charge in [0.25, 0.3) is 0 Å². The zero-order chi connectivity index (χ0) is 22.8. The number of hydrogen-bond acceptors (Lipinski definition) is 5. The minimum Gasteiger partial charge on any atom is -0.497 e. The average molecular weight is 453 g/mol. The van der Waals surface area contributed by atoms with Crippen LogP contribution in [0.3, 0.4) is 0 Å². The third-order valence-electron chi connectivity index (χ3n) is 4.87. The zero-order valence-electron chi connectivity index (χ0n) is 18.1. The van der Waals surface area contributed by atoms with E-state index in [2.05, 4.69) is 24.9 Å². The van der Waals surface area contributed by atoms with Crippen LogP contribution < -0.4 is 24.2 Å². The van der Waals surface area contributed by atoms with E-state index in [1.54, 1.807) is 25.3 Å². The van der Waals surface area contributed by atoms with Gasteiger partial charge in [0.15, 0.2) is 0 Å². The lowest BCUT2D eigenvalue weighted by atomic mass is 10.1. The first kappa shape index (κ1) is 23.3. The predicted molar refractivity (Wildman–Crippen MR) is 131 cm³/mol. The van der Waals surface area contributed by atoms with Crippen molar-refractivity contribution in [2.45, 2.75) is 19.3 Å². The van der Waals surface area contributed by atoms with Crippen LogP contribution in [0, 0.1) is 0 Å². The monoisotopic (exact) mass is 452 g/mol. The Hall–Kier alpha value is -3.32. The number of primary amides is 1. The molecule has 2 N–H and O–H groups in total. The minimum absolute atomic E-state index is 0.574. The Balaban J connectivity index is 1.34. The van der Waals surface area contributed by atoms with Crippen molar-refractivity contribution in [3.05, 3.63) is 72.8 Å². The first-order valence-electron chi connectivity index (χ1n) is 10.5. The summed E-state index contributed by atoms with van der Waals surface area (Å²) in [4.78, 5) is 11.2. The van der Waals surface area contributed by atoms with E-state index in [1.165, 1.54) is 0 Å². The first-order chi connectivity index (χ1) is 15.6. The number of methoxy groups -OCH3 is 1. The molecule has 0 spiro atoms. The number of thiol groups is 1. The molecule has 0 atom stereocenters. The summed E-state index contributed by atoms with van der Waals surface area (Å²) in [6.45, 7) is 1.24. The lowest BCUT2D eigenvalue weighted by molar-refractivity contribution is 0.257. The van der Waals surface area contributed by atoms with E-state index in [0.29, 0.717) is 24.7 Å². The van der Waals surface area contributed by atoms with Gasteiger partial charge in [-0.1, -0.05) is 43.1 Å². The number of anilines is 1. The highest BCUT2D eigenvalue weighted by atomic mass is 32.1. The van der Waals surface area contributed by atoms with Crippen molar-refractivity contribution in [1.29, 1.82) is 0 Å². The van der Waals surface area contributed by atoms with Crippen molar-refractivity contribution in [3.63, 3.8) is 0 Å². The molecule has 0 radical (unpaired) electrons. The lowest BCUT2D eigenvalue weighted by Crippen LogP contribution is -2.27. The van der Waals surface area contributed by atoms with Crippen LogP contribution >= 0.6 is 12.8 Å². The topological polar surface area (TPSA) is 74.0 Å². The second-order valence-corrected chi connectivity index (χ2v) is 7.56. The van der Waals surface area contributed by atoms with E-state index >= 15 is 0 Å². The molecular weight excluding hydrogens is 424 g/mol. The molecule has 6 nitrogen and oxygen atoms in total. The maximum Gasteiger partial charge on any atom is 0.329 e. The fourth-order valence-electron chi connectivity index (χ4n) is 3.12. The molecule has 32 heavy (non-hydrogen) atoms. The normalized spacial score (nSPS) is 10.4. The maximum absolute atomic E-state index is 11.2. The standard InChI is InChI=1S/C25H28N2O4S/c1-29-22-12-8-19(9-13-22)20-10-14-23(15-11-20)30-16-3-2-4-17-31-24-7-5-6-21(18-24)27(32)25(26)28/h5-15,18,32H,2-4,16-17H2,1H3,(H2,26,28). The molecule has 0 aliphatic heterocycles. The van der Waals surface area contributed by atoms with E-state index in [9.17, 15) is 4.79 Å². The summed E-state index contributed by atoms with van der Waals surface area (Å²) in [7, 11) is 1.66. The quantitative estimate of drug-likeness (QED) is 0.288. The average Bonchev–Trinajstić information content (AvgIpc) is 2.83. The van der Waals surface area contributed by atoms with Gasteiger partial charge in [0.2, 0.25) is 0 Å². The van der Waals surface area contributed by atoms with Gasteiger partial charge in [-0.05, 0) is 66.8 Å². The van der Waals surface area contributed by atoms with Crippen LogP contribution in [-0.4, -0.2) is 26.4 Å². The minimum atomic E-state index is -0.638. The highest BCUT2D eigenvalue weighted by molar-refractivity contribution is 7.82. The highest BCUT2D eigenvalue weighted by Gasteiger charge is 2.08. The number of ether oxygens (including phenoxy) is 3. The van der Waals surface area contributed by atoms with E-state index in [-0.39, 0.29) is 0 Å². The zero-order valence-corrected chi connectivity index (χ0v) is 19.0. The van der Waals surface area contributed by atoms with Gasteiger partial charge in [0.1, 0.15) is 17.2 Å². The van der Waals surface area contributed by atoms with E-state index < -0.39 is 6.03 Å². The number of benzene rings is 3. The van der Waals surface area contributed by atoms with Crippen LogP contribution in [0.4, 0.5) is 10.5 Å². The Bertz CT molecular complexity index is 994. The summed E-state index contributed by atoms with van der Waals surface area (Å²) in [5.41, 5.74) is 8.08. The number of urea groups is 1. The molecule has 7 heteroatoms. The van der Waals surface area contributed by atoms with Gasteiger partial charge in [-0.3, -0.25) is 0 Å². The van der Waals surface area contributed by atoms with Gasteiger partial charge >= 0.3 is 6.03 Å². The first-order valence-corrected chi connectivity index (χ1v) is 10.9. The number of nitrogens with two attached hydrogens (primary N) is 1. The van der Waals surface area contributed by atoms with Gasteiger partial charge in [-0.15, -0.1) is 0 Å². The molecule has 3 aromatic rings. The van der Waals surface area contributed by atoms with Crippen molar-refractivity contribution in [3.8, 4) is 28.4 Å². The van der Waals surface area contributed by atoms with Gasteiger partial charge < -0.3 is 19.9 Å². The molecule has 0 unspecified atom stereocenters. The molecule has 0 saturated heterocycles. The van der Waals surface area contributed by atoms with E-state index in [1.807, 2.05) is 42.5 Å². The number of carbonyl (C=O) groups is 1. The Morgan fingerprint density at radius 1 is 0.812 bits per heavy atom. The largest absolute Gasteiger partial charge is 0.497 e. The van der Waals surface area contributed by atoms with Crippen LogP contribution in [-0.2, 0) is 0 Å². The van der Waals surface area contributed by atoms with Crippen LogP contribution in [0.1, 0.15) is 19.3 Å². The number of carbonyl (C=O) groups excluding carboxylic acids is 1. The lowest BCUT2D eigenvalue weighted by Gasteiger charge is -2.14.